The lowest BCUT2D eigenvalue weighted by molar-refractivity contribution is -0.117. The third-order valence-electron chi connectivity index (χ3n) is 5.62. The van der Waals surface area contributed by atoms with E-state index in [0.29, 0.717) is 40.3 Å². The Morgan fingerprint density at radius 2 is 1.84 bits per heavy atom. The van der Waals surface area contributed by atoms with E-state index < -0.39 is 0 Å². The summed E-state index contributed by atoms with van der Waals surface area (Å²) in [5, 5.41) is 7.25. The molecule has 1 aliphatic carbocycles. The predicted molar refractivity (Wildman–Crippen MR) is 128 cm³/mol. The second-order valence-corrected chi connectivity index (χ2v) is 9.15. The molecule has 7 nitrogen and oxygen atoms in total. The van der Waals surface area contributed by atoms with Gasteiger partial charge in [-0.05, 0) is 57.9 Å². The summed E-state index contributed by atoms with van der Waals surface area (Å²) in [5.41, 5.74) is 1.70. The number of amides is 1. The number of aryl methyl sites for hydroxylation is 1. The van der Waals surface area contributed by atoms with Gasteiger partial charge in [0.25, 0.3) is 0 Å². The Labute approximate surface area is 194 Å². The van der Waals surface area contributed by atoms with Crippen molar-refractivity contribution in [2.75, 3.05) is 43.2 Å². The highest BCUT2D eigenvalue weighted by atomic mass is 35.5. The van der Waals surface area contributed by atoms with Gasteiger partial charge in [0.05, 0.1) is 16.6 Å². The van der Waals surface area contributed by atoms with E-state index in [1.54, 1.807) is 18.2 Å². The third kappa shape index (κ3) is 6.45. The van der Waals surface area contributed by atoms with Gasteiger partial charge in [0.2, 0.25) is 11.9 Å². The van der Waals surface area contributed by atoms with Crippen LogP contribution in [0.25, 0.3) is 0 Å². The second-order valence-electron chi connectivity index (χ2n) is 8.34. The lowest BCUT2D eigenvalue weighted by Gasteiger charge is -2.34. The number of rotatable bonds is 7. The zero-order valence-corrected chi connectivity index (χ0v) is 20.0. The van der Waals surface area contributed by atoms with Gasteiger partial charge in [-0.2, -0.15) is 4.98 Å². The van der Waals surface area contributed by atoms with Crippen molar-refractivity contribution in [3.05, 3.63) is 40.0 Å². The van der Waals surface area contributed by atoms with Crippen LogP contribution in [0.2, 0.25) is 10.0 Å². The summed E-state index contributed by atoms with van der Waals surface area (Å²) in [5.74, 6) is 1.54. The number of likely N-dealkylation sites (N-methyl/N-ethyl adjacent to an activating group) is 1. The summed E-state index contributed by atoms with van der Waals surface area (Å²) in [4.78, 5) is 25.6. The largest absolute Gasteiger partial charge is 0.362 e. The van der Waals surface area contributed by atoms with Gasteiger partial charge in [-0.15, -0.1) is 0 Å². The molecule has 9 heteroatoms. The Balaban J connectivity index is 1.47. The van der Waals surface area contributed by atoms with Crippen molar-refractivity contribution < 1.29 is 4.79 Å². The number of halogens is 2. The fourth-order valence-electron chi connectivity index (χ4n) is 3.93. The predicted octanol–water partition coefficient (Wildman–Crippen LogP) is 4.45. The summed E-state index contributed by atoms with van der Waals surface area (Å²) < 4.78 is 0. The molecular weight excluding hydrogens is 435 g/mol. The van der Waals surface area contributed by atoms with Crippen LogP contribution in [0.5, 0.6) is 0 Å². The van der Waals surface area contributed by atoms with Crippen molar-refractivity contribution in [2.24, 2.45) is 0 Å². The zero-order chi connectivity index (χ0) is 22.5. The van der Waals surface area contributed by atoms with E-state index in [9.17, 15) is 4.79 Å². The number of anilines is 3. The van der Waals surface area contributed by atoms with Crippen LogP contribution in [0.15, 0.2) is 24.4 Å². The van der Waals surface area contributed by atoms with E-state index in [0.717, 1.165) is 37.1 Å². The molecule has 0 spiro atoms. The van der Waals surface area contributed by atoms with Crippen LogP contribution in [0, 0.1) is 6.92 Å². The Hall–Kier alpha value is -2.09. The van der Waals surface area contributed by atoms with E-state index in [2.05, 4.69) is 25.5 Å². The lowest BCUT2D eigenvalue weighted by atomic mass is 9.90. The van der Waals surface area contributed by atoms with Gasteiger partial charge < -0.3 is 15.5 Å². The van der Waals surface area contributed by atoms with Gasteiger partial charge in [-0.25, -0.2) is 4.98 Å². The quantitative estimate of drug-likeness (QED) is 0.630. The average Bonchev–Trinajstić information content (AvgIpc) is 2.72. The fourth-order valence-corrected chi connectivity index (χ4v) is 4.23. The van der Waals surface area contributed by atoms with Crippen LogP contribution in [0.4, 0.5) is 17.5 Å². The molecule has 0 saturated heterocycles. The van der Waals surface area contributed by atoms with Crippen molar-refractivity contribution in [2.45, 2.75) is 44.7 Å². The molecule has 0 atom stereocenters. The van der Waals surface area contributed by atoms with Gasteiger partial charge in [-0.3, -0.25) is 9.69 Å². The van der Waals surface area contributed by atoms with E-state index >= 15 is 0 Å². The van der Waals surface area contributed by atoms with Crippen molar-refractivity contribution in [1.82, 2.24) is 14.9 Å². The minimum atomic E-state index is -0.0644. The molecule has 0 bridgehead atoms. The van der Waals surface area contributed by atoms with Gasteiger partial charge in [0.15, 0.2) is 0 Å². The van der Waals surface area contributed by atoms with E-state index in [1.165, 1.54) is 0 Å². The van der Waals surface area contributed by atoms with Crippen LogP contribution < -0.4 is 15.5 Å². The molecule has 0 radical (unpaired) electrons. The van der Waals surface area contributed by atoms with Crippen LogP contribution in [-0.4, -0.2) is 60.5 Å². The third-order valence-corrected chi connectivity index (χ3v) is 6.36. The molecule has 0 unspecified atom stereocenters. The molecule has 0 aliphatic heterocycles. The monoisotopic (exact) mass is 464 g/mol. The maximum atomic E-state index is 12.4. The molecular formula is C22H30Cl2N6O. The highest BCUT2D eigenvalue weighted by molar-refractivity contribution is 6.42. The lowest BCUT2D eigenvalue weighted by Crippen LogP contribution is -2.42. The molecule has 1 amide bonds. The molecule has 1 aromatic heterocycles. The van der Waals surface area contributed by atoms with E-state index in [-0.39, 0.29) is 5.91 Å². The first-order chi connectivity index (χ1) is 14.7. The Morgan fingerprint density at radius 1 is 1.13 bits per heavy atom. The summed E-state index contributed by atoms with van der Waals surface area (Å²) in [6, 6.07) is 5.79. The number of nitrogens with one attached hydrogen (secondary N) is 2. The molecule has 1 fully saturated rings. The van der Waals surface area contributed by atoms with Gasteiger partial charge in [0, 0.05) is 43.6 Å². The van der Waals surface area contributed by atoms with Crippen molar-refractivity contribution in [3.8, 4) is 0 Å². The number of aromatic nitrogens is 2. The fraction of sp³-hybridized carbons (Fsp3) is 0.500. The Kier molecular flexibility index (Phi) is 7.97. The maximum Gasteiger partial charge on any atom is 0.238 e. The molecule has 1 aromatic carbocycles. The Morgan fingerprint density at radius 3 is 2.48 bits per heavy atom. The molecule has 1 heterocycles. The SMILES string of the molecule is Cc1cnc(NC2CCC(N(C)CC(=O)Nc3ccc(Cl)c(Cl)c3)CC2)nc1N(C)C. The normalized spacial score (nSPS) is 18.7. The van der Waals surface area contributed by atoms with Crippen LogP contribution in [-0.2, 0) is 4.79 Å². The van der Waals surface area contributed by atoms with Crippen LogP contribution in [0.3, 0.4) is 0 Å². The summed E-state index contributed by atoms with van der Waals surface area (Å²) in [7, 11) is 5.97. The first-order valence-electron chi connectivity index (χ1n) is 10.5. The van der Waals surface area contributed by atoms with Gasteiger partial charge >= 0.3 is 0 Å². The number of carbonyl (C=O) groups is 1. The van der Waals surface area contributed by atoms with Gasteiger partial charge in [-0.1, -0.05) is 23.2 Å². The summed E-state index contributed by atoms with van der Waals surface area (Å²) >= 11 is 11.9. The van der Waals surface area contributed by atoms with E-state index in [4.69, 9.17) is 23.2 Å². The number of hydrogen-bond donors (Lipinski definition) is 2. The minimum absolute atomic E-state index is 0.0644. The van der Waals surface area contributed by atoms with Gasteiger partial charge in [0.1, 0.15) is 5.82 Å². The molecule has 31 heavy (non-hydrogen) atoms. The van der Waals surface area contributed by atoms with Crippen LogP contribution in [0.1, 0.15) is 31.2 Å². The first kappa shape index (κ1) is 23.6. The standard InChI is InChI=1S/C22H30Cl2N6O/c1-14-12-25-22(28-21(14)29(2)3)27-15-5-8-17(9-6-15)30(4)13-20(31)26-16-7-10-18(23)19(24)11-16/h7,10-12,15,17H,5-6,8-9,13H2,1-4H3,(H,26,31)(H,25,27,28). The average molecular weight is 465 g/mol. The Bertz CT molecular complexity index is 915. The highest BCUT2D eigenvalue weighted by Crippen LogP contribution is 2.26. The maximum absolute atomic E-state index is 12.4. The molecule has 168 valence electrons. The summed E-state index contributed by atoms with van der Waals surface area (Å²) in [6.45, 7) is 2.34. The molecule has 2 aromatic rings. The molecule has 1 aliphatic rings. The first-order valence-corrected chi connectivity index (χ1v) is 11.2. The highest BCUT2D eigenvalue weighted by Gasteiger charge is 2.25. The smallest absolute Gasteiger partial charge is 0.238 e. The topological polar surface area (TPSA) is 73.4 Å². The van der Waals surface area contributed by atoms with Crippen LogP contribution >= 0.6 is 23.2 Å². The number of nitrogens with zero attached hydrogens (tertiary/aromatic N) is 4. The zero-order valence-electron chi connectivity index (χ0n) is 18.5. The molecule has 1 saturated carbocycles. The summed E-state index contributed by atoms with van der Waals surface area (Å²) in [6.07, 6.45) is 5.91. The van der Waals surface area contributed by atoms with Crippen molar-refractivity contribution >= 4 is 46.6 Å². The number of benzene rings is 1. The number of hydrogen-bond acceptors (Lipinski definition) is 6. The minimum Gasteiger partial charge on any atom is -0.362 e. The molecule has 2 N–H and O–H groups in total. The van der Waals surface area contributed by atoms with E-state index in [1.807, 2.05) is 39.2 Å². The van der Waals surface area contributed by atoms with Crippen molar-refractivity contribution in [1.29, 1.82) is 0 Å². The second kappa shape index (κ2) is 10.5. The molecule has 3 rings (SSSR count). The number of carbonyl (C=O) groups excluding carboxylic acids is 1. The van der Waals surface area contributed by atoms with Crippen molar-refractivity contribution in [3.63, 3.8) is 0 Å².